The Hall–Kier alpha value is -3.78. The molecular formula is C23H16FN5OS. The smallest absolute Gasteiger partial charge is 0.160 e. The number of thiophene rings is 1. The Kier molecular flexibility index (Phi) is 3.85. The largest absolute Gasteiger partial charge is 0.504 e. The Morgan fingerprint density at radius 1 is 1.16 bits per heavy atom. The Balaban J connectivity index is 1.53. The predicted molar refractivity (Wildman–Crippen MR) is 120 cm³/mol. The molecule has 6 nitrogen and oxygen atoms in total. The second-order valence-electron chi connectivity index (χ2n) is 7.49. The van der Waals surface area contributed by atoms with Gasteiger partial charge in [-0.3, -0.25) is 9.78 Å². The summed E-state index contributed by atoms with van der Waals surface area (Å²) in [5, 5.41) is 24.4. The molecule has 6 rings (SSSR count). The third kappa shape index (κ3) is 2.72. The van der Waals surface area contributed by atoms with E-state index in [1.807, 2.05) is 24.0 Å². The lowest BCUT2D eigenvalue weighted by Gasteiger charge is -2.05. The SMILES string of the molecule is Cn1ncc2cc(Cc3nc4c(O)c(-c5ccccc5F)sc4c4cn[nH]c34)ccc21. The Labute approximate surface area is 179 Å². The highest BCUT2D eigenvalue weighted by molar-refractivity contribution is 7.23. The minimum absolute atomic E-state index is 0.00263. The molecule has 0 spiro atoms. The molecule has 31 heavy (non-hydrogen) atoms. The van der Waals surface area contributed by atoms with Gasteiger partial charge in [0.1, 0.15) is 11.3 Å². The molecule has 4 aromatic heterocycles. The number of nitrogens with one attached hydrogen (secondary N) is 1. The first-order chi connectivity index (χ1) is 15.1. The molecule has 0 fully saturated rings. The Bertz CT molecular complexity index is 1610. The number of fused-ring (bicyclic) bond motifs is 4. The summed E-state index contributed by atoms with van der Waals surface area (Å²) in [4.78, 5) is 5.25. The molecule has 2 aromatic carbocycles. The van der Waals surface area contributed by atoms with Crippen LogP contribution in [0.25, 0.3) is 42.5 Å². The zero-order valence-electron chi connectivity index (χ0n) is 16.4. The van der Waals surface area contributed by atoms with Crippen LogP contribution in [-0.2, 0) is 13.5 Å². The van der Waals surface area contributed by atoms with Crippen LogP contribution < -0.4 is 0 Å². The number of aromatic hydroxyl groups is 1. The molecule has 6 aromatic rings. The van der Waals surface area contributed by atoms with Crippen LogP contribution in [0.3, 0.4) is 0 Å². The van der Waals surface area contributed by atoms with E-state index >= 15 is 0 Å². The number of benzene rings is 2. The van der Waals surface area contributed by atoms with Gasteiger partial charge in [-0.15, -0.1) is 11.3 Å². The van der Waals surface area contributed by atoms with E-state index < -0.39 is 0 Å². The summed E-state index contributed by atoms with van der Waals surface area (Å²) in [5.41, 5.74) is 4.56. The number of hydrogen-bond acceptors (Lipinski definition) is 5. The zero-order valence-corrected chi connectivity index (χ0v) is 17.2. The number of H-pyrrole nitrogens is 1. The van der Waals surface area contributed by atoms with Crippen molar-refractivity contribution >= 4 is 43.4 Å². The molecule has 0 bridgehead atoms. The van der Waals surface area contributed by atoms with Crippen molar-refractivity contribution in [1.29, 1.82) is 0 Å². The fraction of sp³-hybridized carbons (Fsp3) is 0.0870. The van der Waals surface area contributed by atoms with Crippen molar-refractivity contribution in [2.24, 2.45) is 7.05 Å². The molecule has 0 atom stereocenters. The van der Waals surface area contributed by atoms with Gasteiger partial charge >= 0.3 is 0 Å². The van der Waals surface area contributed by atoms with Crippen LogP contribution in [0.1, 0.15) is 11.3 Å². The number of rotatable bonds is 3. The molecule has 2 N–H and O–H groups in total. The third-order valence-electron chi connectivity index (χ3n) is 5.58. The first-order valence-corrected chi connectivity index (χ1v) is 10.5. The van der Waals surface area contributed by atoms with Gasteiger partial charge in [0.15, 0.2) is 5.75 Å². The van der Waals surface area contributed by atoms with E-state index in [4.69, 9.17) is 4.98 Å². The first kappa shape index (κ1) is 18.0. The molecule has 0 aliphatic carbocycles. The number of aromatic nitrogens is 5. The standard InChI is InChI=1S/C23H16FN5OS/c1-29-18-7-6-12(8-13(18)10-26-29)9-17-19-15(11-25-28-19)22-20(27-17)21(30)23(31-22)14-4-2-3-5-16(14)24/h2-8,10-11,30H,9H2,1H3,(H,25,28). The maximum atomic E-state index is 14.4. The van der Waals surface area contributed by atoms with E-state index in [9.17, 15) is 9.50 Å². The fourth-order valence-corrected chi connectivity index (χ4v) is 5.22. The van der Waals surface area contributed by atoms with Gasteiger partial charge in [-0.1, -0.05) is 24.3 Å². The fourth-order valence-electron chi connectivity index (χ4n) is 4.04. The lowest BCUT2D eigenvalue weighted by molar-refractivity contribution is 0.483. The Morgan fingerprint density at radius 2 is 2.03 bits per heavy atom. The minimum Gasteiger partial charge on any atom is -0.504 e. The number of pyridine rings is 1. The van der Waals surface area contributed by atoms with Crippen molar-refractivity contribution in [3.05, 3.63) is 71.9 Å². The quantitative estimate of drug-likeness (QED) is 0.407. The van der Waals surface area contributed by atoms with Gasteiger partial charge in [-0.25, -0.2) is 9.37 Å². The highest BCUT2D eigenvalue weighted by Gasteiger charge is 2.21. The summed E-state index contributed by atoms with van der Waals surface area (Å²) >= 11 is 1.32. The molecule has 0 radical (unpaired) electrons. The second kappa shape index (κ2) is 6.61. The highest BCUT2D eigenvalue weighted by atomic mass is 32.1. The maximum absolute atomic E-state index is 14.4. The molecule has 0 saturated heterocycles. The van der Waals surface area contributed by atoms with Crippen molar-refractivity contribution < 1.29 is 9.50 Å². The molecule has 4 heterocycles. The normalized spacial score (nSPS) is 11.8. The van der Waals surface area contributed by atoms with E-state index in [0.717, 1.165) is 37.8 Å². The summed E-state index contributed by atoms with van der Waals surface area (Å²) in [6, 6.07) is 12.6. The number of aryl methyl sites for hydroxylation is 1. The average molecular weight is 429 g/mol. The van der Waals surface area contributed by atoms with Gasteiger partial charge in [0.2, 0.25) is 0 Å². The van der Waals surface area contributed by atoms with E-state index in [1.54, 1.807) is 24.4 Å². The van der Waals surface area contributed by atoms with Gasteiger partial charge in [0, 0.05) is 29.8 Å². The highest BCUT2D eigenvalue weighted by Crippen LogP contribution is 2.46. The molecular weight excluding hydrogens is 413 g/mol. The molecule has 0 aliphatic heterocycles. The van der Waals surface area contributed by atoms with Crippen molar-refractivity contribution in [1.82, 2.24) is 25.0 Å². The lowest BCUT2D eigenvalue weighted by atomic mass is 10.1. The average Bonchev–Trinajstić information content (AvgIpc) is 3.47. The van der Waals surface area contributed by atoms with E-state index in [2.05, 4.69) is 27.4 Å². The molecule has 8 heteroatoms. The van der Waals surface area contributed by atoms with E-state index in [1.165, 1.54) is 17.4 Å². The second-order valence-corrected chi connectivity index (χ2v) is 8.51. The Morgan fingerprint density at radius 3 is 2.90 bits per heavy atom. The number of nitrogens with zero attached hydrogens (tertiary/aromatic N) is 4. The van der Waals surface area contributed by atoms with Crippen LogP contribution in [0.2, 0.25) is 0 Å². The van der Waals surface area contributed by atoms with Crippen LogP contribution >= 0.6 is 11.3 Å². The zero-order chi connectivity index (χ0) is 21.1. The summed E-state index contributed by atoms with van der Waals surface area (Å²) in [7, 11) is 1.91. The van der Waals surface area contributed by atoms with E-state index in [0.29, 0.717) is 22.4 Å². The van der Waals surface area contributed by atoms with Crippen molar-refractivity contribution in [2.45, 2.75) is 6.42 Å². The van der Waals surface area contributed by atoms with Crippen LogP contribution in [0.15, 0.2) is 54.9 Å². The summed E-state index contributed by atoms with van der Waals surface area (Å²) in [6.45, 7) is 0. The summed E-state index contributed by atoms with van der Waals surface area (Å²) in [6.07, 6.45) is 4.13. The molecule has 152 valence electrons. The number of aromatic amines is 1. The van der Waals surface area contributed by atoms with Gasteiger partial charge in [-0.05, 0) is 23.8 Å². The molecule has 0 aliphatic rings. The molecule has 0 amide bonds. The molecule has 0 saturated carbocycles. The minimum atomic E-state index is -0.377. The third-order valence-corrected chi connectivity index (χ3v) is 6.81. The topological polar surface area (TPSA) is 79.6 Å². The number of hydrogen-bond donors (Lipinski definition) is 2. The van der Waals surface area contributed by atoms with E-state index in [-0.39, 0.29) is 11.6 Å². The van der Waals surface area contributed by atoms with Crippen molar-refractivity contribution in [3.63, 3.8) is 0 Å². The van der Waals surface area contributed by atoms with Gasteiger partial charge < -0.3 is 5.11 Å². The lowest BCUT2D eigenvalue weighted by Crippen LogP contribution is -1.95. The maximum Gasteiger partial charge on any atom is 0.160 e. The van der Waals surface area contributed by atoms with Crippen LogP contribution in [0, 0.1) is 5.82 Å². The monoisotopic (exact) mass is 429 g/mol. The summed E-state index contributed by atoms with van der Waals surface area (Å²) in [5.74, 6) is -0.380. The molecule has 0 unspecified atom stereocenters. The van der Waals surface area contributed by atoms with Gasteiger partial charge in [-0.2, -0.15) is 10.2 Å². The van der Waals surface area contributed by atoms with Crippen LogP contribution in [0.4, 0.5) is 4.39 Å². The first-order valence-electron chi connectivity index (χ1n) is 9.73. The van der Waals surface area contributed by atoms with Gasteiger partial charge in [0.25, 0.3) is 0 Å². The van der Waals surface area contributed by atoms with Crippen molar-refractivity contribution in [3.8, 4) is 16.2 Å². The predicted octanol–water partition coefficient (Wildman–Crippen LogP) is 5.16. The van der Waals surface area contributed by atoms with Crippen LogP contribution in [0.5, 0.6) is 5.75 Å². The van der Waals surface area contributed by atoms with Crippen molar-refractivity contribution in [2.75, 3.05) is 0 Å². The number of halogens is 1. The summed E-state index contributed by atoms with van der Waals surface area (Å²) < 4.78 is 17.0. The van der Waals surface area contributed by atoms with Crippen LogP contribution in [-0.4, -0.2) is 30.1 Å². The van der Waals surface area contributed by atoms with Gasteiger partial charge in [0.05, 0.1) is 38.7 Å².